The van der Waals surface area contributed by atoms with Crippen molar-refractivity contribution >= 4 is 5.91 Å². The molecule has 1 heterocycles. The number of ether oxygens (including phenoxy) is 2. The average molecular weight is 346 g/mol. The molecule has 1 aromatic rings. The van der Waals surface area contributed by atoms with Crippen molar-refractivity contribution < 1.29 is 14.3 Å². The lowest BCUT2D eigenvalue weighted by Gasteiger charge is -2.34. The second-order valence-electron chi connectivity index (χ2n) is 7.41. The highest BCUT2D eigenvalue weighted by Gasteiger charge is 2.24. The van der Waals surface area contributed by atoms with E-state index in [-0.39, 0.29) is 12.0 Å². The van der Waals surface area contributed by atoms with Gasteiger partial charge in [-0.2, -0.15) is 0 Å². The number of rotatable bonds is 6. The van der Waals surface area contributed by atoms with Gasteiger partial charge in [0.1, 0.15) is 6.10 Å². The van der Waals surface area contributed by atoms with Gasteiger partial charge in [-0.3, -0.25) is 4.79 Å². The molecule has 0 aromatic heterocycles. The summed E-state index contributed by atoms with van der Waals surface area (Å²) in [6.07, 6.45) is 5.55. The lowest BCUT2D eigenvalue weighted by atomic mass is 9.93. The highest BCUT2D eigenvalue weighted by molar-refractivity contribution is 5.95. The predicted octanol–water partition coefficient (Wildman–Crippen LogP) is 3.23. The first kappa shape index (κ1) is 18.1. The molecule has 2 aliphatic rings. The molecule has 0 atom stereocenters. The summed E-state index contributed by atoms with van der Waals surface area (Å²) in [5.41, 5.74) is 0.641. The molecule has 5 nitrogen and oxygen atoms in total. The Hall–Kier alpha value is -1.75. The van der Waals surface area contributed by atoms with Crippen LogP contribution in [0.5, 0.6) is 11.5 Å². The first-order valence-electron chi connectivity index (χ1n) is 9.46. The number of likely N-dealkylation sites (tertiary alicyclic amines) is 1. The van der Waals surface area contributed by atoms with Crippen molar-refractivity contribution in [2.75, 3.05) is 20.2 Å². The summed E-state index contributed by atoms with van der Waals surface area (Å²) in [7, 11) is 1.64. The average Bonchev–Trinajstić information content (AvgIpc) is 2.58. The number of carbonyl (C=O) groups excluding carboxylic acids is 1. The molecule has 1 saturated carbocycles. The Bertz CT molecular complexity index is 591. The minimum absolute atomic E-state index is 0.0215. The quantitative estimate of drug-likeness (QED) is 0.859. The fourth-order valence-corrected chi connectivity index (χ4v) is 3.42. The Kier molecular flexibility index (Phi) is 5.84. The Balaban J connectivity index is 1.65. The van der Waals surface area contributed by atoms with Gasteiger partial charge < -0.3 is 19.7 Å². The van der Waals surface area contributed by atoms with Crippen molar-refractivity contribution in [1.82, 2.24) is 10.2 Å². The Labute approximate surface area is 150 Å². The van der Waals surface area contributed by atoms with Crippen molar-refractivity contribution in [2.24, 2.45) is 0 Å². The maximum absolute atomic E-state index is 12.4. The van der Waals surface area contributed by atoms with Gasteiger partial charge >= 0.3 is 0 Å². The van der Waals surface area contributed by atoms with Crippen LogP contribution in [0.25, 0.3) is 0 Å². The van der Waals surface area contributed by atoms with Gasteiger partial charge in [0.15, 0.2) is 11.5 Å². The summed E-state index contributed by atoms with van der Waals surface area (Å²) in [5, 5.41) is 3.08. The zero-order valence-corrected chi connectivity index (χ0v) is 15.6. The first-order valence-corrected chi connectivity index (χ1v) is 9.46. The molecule has 5 heteroatoms. The van der Waals surface area contributed by atoms with Crippen molar-refractivity contribution in [3.63, 3.8) is 0 Å². The summed E-state index contributed by atoms with van der Waals surface area (Å²) in [4.78, 5) is 14.9. The molecule has 1 amide bonds. The number of methoxy groups -OCH3 is 1. The second kappa shape index (κ2) is 8.09. The third-order valence-electron chi connectivity index (χ3n) is 5.37. The van der Waals surface area contributed by atoms with Crippen LogP contribution in [0.1, 0.15) is 56.3 Å². The predicted molar refractivity (Wildman–Crippen MR) is 98.5 cm³/mol. The molecule has 0 unspecified atom stereocenters. The highest BCUT2D eigenvalue weighted by Crippen LogP contribution is 2.31. The van der Waals surface area contributed by atoms with E-state index in [1.54, 1.807) is 13.2 Å². The lowest BCUT2D eigenvalue weighted by Crippen LogP contribution is -2.41. The molecule has 1 N–H and O–H groups in total. The minimum Gasteiger partial charge on any atom is -0.493 e. The molecule has 138 valence electrons. The monoisotopic (exact) mass is 346 g/mol. The van der Waals surface area contributed by atoms with Crippen LogP contribution in [0.15, 0.2) is 18.2 Å². The molecule has 2 fully saturated rings. The highest BCUT2D eigenvalue weighted by atomic mass is 16.5. The summed E-state index contributed by atoms with van der Waals surface area (Å²) in [5.74, 6) is 1.34. The van der Waals surface area contributed by atoms with Gasteiger partial charge in [0.25, 0.3) is 5.91 Å². The number of hydrogen-bond donors (Lipinski definition) is 1. The molecule has 3 rings (SSSR count). The Morgan fingerprint density at radius 2 is 1.88 bits per heavy atom. The van der Waals surface area contributed by atoms with E-state index >= 15 is 0 Å². The molecule has 0 radical (unpaired) electrons. The fraction of sp³-hybridized carbons (Fsp3) is 0.650. The molecule has 1 aromatic carbocycles. The second-order valence-corrected chi connectivity index (χ2v) is 7.41. The van der Waals surface area contributed by atoms with E-state index in [4.69, 9.17) is 9.47 Å². The topological polar surface area (TPSA) is 50.8 Å². The van der Waals surface area contributed by atoms with Gasteiger partial charge in [0, 0.05) is 30.7 Å². The molecule has 1 saturated heterocycles. The van der Waals surface area contributed by atoms with Crippen molar-refractivity contribution in [3.8, 4) is 11.5 Å². The summed E-state index contributed by atoms with van der Waals surface area (Å²) >= 11 is 0. The maximum atomic E-state index is 12.4. The van der Waals surface area contributed by atoms with Crippen LogP contribution in [0.3, 0.4) is 0 Å². The summed E-state index contributed by atoms with van der Waals surface area (Å²) in [6, 6.07) is 6.37. The standard InChI is InChI=1S/C20H30N2O3/c1-14(2)22-11-9-17(10-12-22)25-19-13-15(7-8-18(19)24-3)20(23)21-16-5-4-6-16/h7-8,13-14,16-17H,4-6,9-12H2,1-3H3,(H,21,23). The van der Waals surface area contributed by atoms with Crippen LogP contribution in [0.4, 0.5) is 0 Å². The number of nitrogens with one attached hydrogen (secondary N) is 1. The summed E-state index contributed by atoms with van der Waals surface area (Å²) < 4.78 is 11.6. The van der Waals surface area contributed by atoms with Crippen LogP contribution in [-0.2, 0) is 0 Å². The molecule has 1 aliphatic carbocycles. The van der Waals surface area contributed by atoms with Crippen molar-refractivity contribution in [2.45, 2.75) is 64.1 Å². The van der Waals surface area contributed by atoms with E-state index < -0.39 is 0 Å². The number of carbonyl (C=O) groups is 1. The van der Waals surface area contributed by atoms with Crippen LogP contribution < -0.4 is 14.8 Å². The van der Waals surface area contributed by atoms with Crippen molar-refractivity contribution in [1.29, 1.82) is 0 Å². The van der Waals surface area contributed by atoms with E-state index in [9.17, 15) is 4.79 Å². The fourth-order valence-electron chi connectivity index (χ4n) is 3.42. The molecular formula is C20H30N2O3. The Morgan fingerprint density at radius 3 is 2.44 bits per heavy atom. The van der Waals surface area contributed by atoms with E-state index in [1.807, 2.05) is 12.1 Å². The van der Waals surface area contributed by atoms with Gasteiger partial charge in [0.2, 0.25) is 0 Å². The molecule has 1 aliphatic heterocycles. The minimum atomic E-state index is -0.0215. The van der Waals surface area contributed by atoms with E-state index in [1.165, 1.54) is 6.42 Å². The first-order chi connectivity index (χ1) is 12.1. The van der Waals surface area contributed by atoms with Crippen LogP contribution >= 0.6 is 0 Å². The largest absolute Gasteiger partial charge is 0.493 e. The zero-order valence-electron chi connectivity index (χ0n) is 15.6. The third-order valence-corrected chi connectivity index (χ3v) is 5.37. The smallest absolute Gasteiger partial charge is 0.251 e. The van der Waals surface area contributed by atoms with Gasteiger partial charge in [0.05, 0.1) is 7.11 Å². The van der Waals surface area contributed by atoms with E-state index in [0.717, 1.165) is 38.8 Å². The molecule has 0 spiro atoms. The number of amides is 1. The Morgan fingerprint density at radius 1 is 1.16 bits per heavy atom. The normalized spacial score (nSPS) is 19.5. The summed E-state index contributed by atoms with van der Waals surface area (Å²) in [6.45, 7) is 6.56. The third kappa shape index (κ3) is 4.46. The van der Waals surface area contributed by atoms with Gasteiger partial charge in [-0.1, -0.05) is 0 Å². The van der Waals surface area contributed by atoms with E-state index in [2.05, 4.69) is 24.1 Å². The number of benzene rings is 1. The zero-order chi connectivity index (χ0) is 17.8. The van der Waals surface area contributed by atoms with Crippen molar-refractivity contribution in [3.05, 3.63) is 23.8 Å². The molecule has 0 bridgehead atoms. The number of nitrogens with zero attached hydrogens (tertiary/aromatic N) is 1. The number of piperidine rings is 1. The van der Waals surface area contributed by atoms with E-state index in [0.29, 0.717) is 29.1 Å². The van der Waals surface area contributed by atoms with Gasteiger partial charge in [-0.15, -0.1) is 0 Å². The van der Waals surface area contributed by atoms with Gasteiger partial charge in [-0.05, 0) is 64.2 Å². The number of hydrogen-bond acceptors (Lipinski definition) is 4. The molecular weight excluding hydrogens is 316 g/mol. The lowest BCUT2D eigenvalue weighted by molar-refractivity contribution is 0.0817. The van der Waals surface area contributed by atoms with Crippen LogP contribution in [0, 0.1) is 0 Å². The van der Waals surface area contributed by atoms with Crippen LogP contribution in [0.2, 0.25) is 0 Å². The van der Waals surface area contributed by atoms with Gasteiger partial charge in [-0.25, -0.2) is 0 Å². The SMILES string of the molecule is COc1ccc(C(=O)NC2CCC2)cc1OC1CCN(C(C)C)CC1. The molecule has 25 heavy (non-hydrogen) atoms. The van der Waals surface area contributed by atoms with Crippen LogP contribution in [-0.4, -0.2) is 49.2 Å². The maximum Gasteiger partial charge on any atom is 0.251 e.